The third kappa shape index (κ3) is 4.35. The fourth-order valence-electron chi connectivity index (χ4n) is 3.47. The van der Waals surface area contributed by atoms with Gasteiger partial charge in [-0.2, -0.15) is 0 Å². The summed E-state index contributed by atoms with van der Waals surface area (Å²) in [6, 6.07) is 0.0979. The molecule has 2 unspecified atom stereocenters. The number of nitrogens with one attached hydrogen (secondary N) is 2. The molecule has 0 radical (unpaired) electrons. The van der Waals surface area contributed by atoms with Crippen molar-refractivity contribution >= 4 is 11.9 Å². The molecule has 120 valence electrons. The summed E-state index contributed by atoms with van der Waals surface area (Å²) in [5.41, 5.74) is 0. The first-order valence-corrected chi connectivity index (χ1v) is 8.56. The minimum atomic E-state index is -0.0181. The lowest BCUT2D eigenvalue weighted by molar-refractivity contribution is -0.126. The van der Waals surface area contributed by atoms with Crippen molar-refractivity contribution in [3.05, 3.63) is 0 Å². The summed E-state index contributed by atoms with van der Waals surface area (Å²) >= 11 is 0. The molecule has 5 nitrogen and oxygen atoms in total. The summed E-state index contributed by atoms with van der Waals surface area (Å²) in [5.74, 6) is 0.128. The summed E-state index contributed by atoms with van der Waals surface area (Å²) in [7, 11) is 0. The second-order valence-corrected chi connectivity index (χ2v) is 6.24. The van der Waals surface area contributed by atoms with E-state index in [4.69, 9.17) is 0 Å². The zero-order valence-electron chi connectivity index (χ0n) is 13.2. The number of carbonyl (C=O) groups excluding carboxylic acids is 2. The predicted molar refractivity (Wildman–Crippen MR) is 83.0 cm³/mol. The first-order chi connectivity index (χ1) is 10.2. The van der Waals surface area contributed by atoms with E-state index < -0.39 is 0 Å². The van der Waals surface area contributed by atoms with E-state index in [0.29, 0.717) is 6.54 Å². The lowest BCUT2D eigenvalue weighted by atomic mass is 10.0. The van der Waals surface area contributed by atoms with Gasteiger partial charge in [0.1, 0.15) is 0 Å². The molecule has 0 spiro atoms. The maximum atomic E-state index is 12.4. The molecule has 2 fully saturated rings. The minimum Gasteiger partial charge on any atom is -0.356 e. The number of amides is 3. The summed E-state index contributed by atoms with van der Waals surface area (Å²) in [4.78, 5) is 26.7. The van der Waals surface area contributed by atoms with Crippen molar-refractivity contribution in [3.63, 3.8) is 0 Å². The average Bonchev–Trinajstić information content (AvgIpc) is 2.95. The Hall–Kier alpha value is -1.26. The van der Waals surface area contributed by atoms with Crippen LogP contribution in [0.15, 0.2) is 0 Å². The predicted octanol–water partition coefficient (Wildman–Crippen LogP) is 2.27. The van der Waals surface area contributed by atoms with Gasteiger partial charge in [0.15, 0.2) is 0 Å². The highest BCUT2D eigenvalue weighted by Gasteiger charge is 2.38. The Labute approximate surface area is 127 Å². The van der Waals surface area contributed by atoms with E-state index in [-0.39, 0.29) is 23.9 Å². The first kappa shape index (κ1) is 16.1. The third-order valence-corrected chi connectivity index (χ3v) is 4.63. The van der Waals surface area contributed by atoms with Crippen LogP contribution in [0.4, 0.5) is 4.79 Å². The van der Waals surface area contributed by atoms with E-state index >= 15 is 0 Å². The highest BCUT2D eigenvalue weighted by atomic mass is 16.2. The van der Waals surface area contributed by atoms with Crippen molar-refractivity contribution in [1.29, 1.82) is 0 Å². The molecule has 21 heavy (non-hydrogen) atoms. The van der Waals surface area contributed by atoms with E-state index in [2.05, 4.69) is 17.6 Å². The molecule has 0 aromatic heterocycles. The number of rotatable bonds is 2. The highest BCUT2D eigenvalue weighted by molar-refractivity contribution is 5.81. The SMILES string of the molecule is CCCNC(=O)N1CCCCCCNC(=O)C2CCCC21. The summed E-state index contributed by atoms with van der Waals surface area (Å²) in [5, 5.41) is 6.04. The highest BCUT2D eigenvalue weighted by Crippen LogP contribution is 2.31. The van der Waals surface area contributed by atoms with Crippen LogP contribution in [0.5, 0.6) is 0 Å². The van der Waals surface area contributed by atoms with Crippen LogP contribution in [0.3, 0.4) is 0 Å². The molecule has 3 amide bonds. The maximum absolute atomic E-state index is 12.4. The average molecular weight is 295 g/mol. The van der Waals surface area contributed by atoms with E-state index in [0.717, 1.165) is 64.5 Å². The Balaban J connectivity index is 2.09. The van der Waals surface area contributed by atoms with E-state index in [1.54, 1.807) is 0 Å². The Morgan fingerprint density at radius 3 is 2.86 bits per heavy atom. The smallest absolute Gasteiger partial charge is 0.317 e. The van der Waals surface area contributed by atoms with Crippen LogP contribution in [0.2, 0.25) is 0 Å². The van der Waals surface area contributed by atoms with Crippen molar-refractivity contribution in [3.8, 4) is 0 Å². The number of fused-ring (bicyclic) bond motifs is 1. The molecule has 1 saturated carbocycles. The van der Waals surface area contributed by atoms with E-state index in [1.165, 1.54) is 0 Å². The molecule has 1 saturated heterocycles. The molecule has 0 bridgehead atoms. The zero-order chi connectivity index (χ0) is 15.1. The van der Waals surface area contributed by atoms with Gasteiger partial charge in [-0.1, -0.05) is 26.2 Å². The lowest BCUT2D eigenvalue weighted by Gasteiger charge is -2.32. The van der Waals surface area contributed by atoms with Gasteiger partial charge in [0.25, 0.3) is 0 Å². The van der Waals surface area contributed by atoms with Crippen molar-refractivity contribution in [2.75, 3.05) is 19.6 Å². The van der Waals surface area contributed by atoms with Crippen LogP contribution in [-0.4, -0.2) is 42.5 Å². The molecule has 1 aliphatic heterocycles. The van der Waals surface area contributed by atoms with E-state index in [9.17, 15) is 9.59 Å². The van der Waals surface area contributed by atoms with Crippen LogP contribution in [0, 0.1) is 5.92 Å². The maximum Gasteiger partial charge on any atom is 0.317 e. The van der Waals surface area contributed by atoms with Crippen molar-refractivity contribution in [2.45, 2.75) is 64.3 Å². The quantitative estimate of drug-likeness (QED) is 0.821. The van der Waals surface area contributed by atoms with Crippen molar-refractivity contribution in [1.82, 2.24) is 15.5 Å². The summed E-state index contributed by atoms with van der Waals surface area (Å²) in [6.45, 7) is 4.33. The molecule has 2 atom stereocenters. The van der Waals surface area contributed by atoms with Crippen molar-refractivity contribution in [2.24, 2.45) is 5.92 Å². The molecule has 5 heteroatoms. The minimum absolute atomic E-state index is 0.0146. The third-order valence-electron chi connectivity index (χ3n) is 4.63. The largest absolute Gasteiger partial charge is 0.356 e. The molecule has 2 rings (SSSR count). The number of nitrogens with zero attached hydrogens (tertiary/aromatic N) is 1. The number of hydrogen-bond acceptors (Lipinski definition) is 2. The fraction of sp³-hybridized carbons (Fsp3) is 0.875. The number of urea groups is 1. The lowest BCUT2D eigenvalue weighted by Crippen LogP contribution is -2.51. The Kier molecular flexibility index (Phi) is 6.33. The van der Waals surface area contributed by atoms with Crippen LogP contribution >= 0.6 is 0 Å². The molecule has 0 aromatic carbocycles. The second-order valence-electron chi connectivity index (χ2n) is 6.24. The molecule has 2 N–H and O–H groups in total. The Bertz CT molecular complexity index is 359. The van der Waals surface area contributed by atoms with Gasteiger partial charge in [-0.25, -0.2) is 4.79 Å². The molecule has 2 aliphatic rings. The standard InChI is InChI=1S/C16H29N3O2/c1-2-10-18-16(21)19-12-6-4-3-5-11-17-15(20)13-8-7-9-14(13)19/h13-14H,2-12H2,1H3,(H,17,20)(H,18,21). The van der Waals surface area contributed by atoms with Gasteiger partial charge in [0, 0.05) is 25.7 Å². The molecule has 1 aliphatic carbocycles. The Morgan fingerprint density at radius 1 is 1.24 bits per heavy atom. The fourth-order valence-corrected chi connectivity index (χ4v) is 3.47. The van der Waals surface area contributed by atoms with Crippen molar-refractivity contribution < 1.29 is 9.59 Å². The monoisotopic (exact) mass is 295 g/mol. The van der Waals surface area contributed by atoms with Gasteiger partial charge >= 0.3 is 6.03 Å². The van der Waals surface area contributed by atoms with Crippen LogP contribution in [0.25, 0.3) is 0 Å². The van der Waals surface area contributed by atoms with Gasteiger partial charge in [-0.05, 0) is 32.1 Å². The van der Waals surface area contributed by atoms with Crippen LogP contribution in [-0.2, 0) is 4.79 Å². The molecular weight excluding hydrogens is 266 g/mol. The topological polar surface area (TPSA) is 61.4 Å². The van der Waals surface area contributed by atoms with Crippen LogP contribution < -0.4 is 10.6 Å². The molecular formula is C16H29N3O2. The first-order valence-electron chi connectivity index (χ1n) is 8.56. The summed E-state index contributed by atoms with van der Waals surface area (Å²) in [6.07, 6.45) is 8.19. The molecule has 1 heterocycles. The van der Waals surface area contributed by atoms with E-state index in [1.807, 2.05) is 4.90 Å². The summed E-state index contributed by atoms with van der Waals surface area (Å²) < 4.78 is 0. The number of carbonyl (C=O) groups is 2. The van der Waals surface area contributed by atoms with Crippen LogP contribution in [0.1, 0.15) is 58.3 Å². The Morgan fingerprint density at radius 2 is 2.05 bits per heavy atom. The normalized spacial score (nSPS) is 27.5. The van der Waals surface area contributed by atoms with Gasteiger partial charge in [0.2, 0.25) is 5.91 Å². The molecule has 0 aromatic rings. The zero-order valence-corrected chi connectivity index (χ0v) is 13.2. The second kappa shape index (κ2) is 8.25. The van der Waals surface area contributed by atoms with Gasteiger partial charge in [-0.3, -0.25) is 4.79 Å². The number of hydrogen-bond donors (Lipinski definition) is 2. The van der Waals surface area contributed by atoms with Gasteiger partial charge < -0.3 is 15.5 Å². The van der Waals surface area contributed by atoms with Gasteiger partial charge in [0.05, 0.1) is 5.92 Å². The van der Waals surface area contributed by atoms with Gasteiger partial charge in [-0.15, -0.1) is 0 Å².